The molecular formula is C11H18N4O. The second-order valence-electron chi connectivity index (χ2n) is 4.39. The van der Waals surface area contributed by atoms with Crippen LogP contribution in [0.4, 0.5) is 0 Å². The van der Waals surface area contributed by atoms with E-state index < -0.39 is 0 Å². The number of likely N-dealkylation sites (N-methyl/N-ethyl adjacent to an activating group) is 1. The number of carbonyl (C=O) groups excluding carboxylic acids is 1. The number of amides is 1. The molecule has 1 aliphatic heterocycles. The molecule has 1 saturated heterocycles. The highest BCUT2D eigenvalue weighted by atomic mass is 16.2. The Bertz CT molecular complexity index is 371. The fourth-order valence-electron chi connectivity index (χ4n) is 1.84. The van der Waals surface area contributed by atoms with Crippen molar-refractivity contribution in [3.05, 3.63) is 17.5 Å². The van der Waals surface area contributed by atoms with E-state index in [1.165, 1.54) is 0 Å². The molecule has 16 heavy (non-hydrogen) atoms. The average Bonchev–Trinajstić information content (AvgIpc) is 2.59. The highest BCUT2D eigenvalue weighted by Gasteiger charge is 2.22. The SMILES string of the molecule is Cc1cc(C(=O)N2CCN(C)CC2)nn1C. The van der Waals surface area contributed by atoms with Gasteiger partial charge in [0, 0.05) is 38.9 Å². The fraction of sp³-hybridized carbons (Fsp3) is 0.636. The highest BCUT2D eigenvalue weighted by Crippen LogP contribution is 2.08. The summed E-state index contributed by atoms with van der Waals surface area (Å²) < 4.78 is 1.74. The van der Waals surface area contributed by atoms with Crippen molar-refractivity contribution in [2.75, 3.05) is 33.2 Å². The minimum atomic E-state index is 0.0526. The van der Waals surface area contributed by atoms with Gasteiger partial charge in [0.2, 0.25) is 0 Å². The number of carbonyl (C=O) groups is 1. The Labute approximate surface area is 95.6 Å². The van der Waals surface area contributed by atoms with Gasteiger partial charge in [-0.15, -0.1) is 0 Å². The molecule has 1 fully saturated rings. The zero-order chi connectivity index (χ0) is 11.7. The van der Waals surface area contributed by atoms with E-state index in [1.807, 2.05) is 24.9 Å². The lowest BCUT2D eigenvalue weighted by molar-refractivity contribution is 0.0657. The smallest absolute Gasteiger partial charge is 0.274 e. The van der Waals surface area contributed by atoms with Gasteiger partial charge in [-0.25, -0.2) is 0 Å². The van der Waals surface area contributed by atoms with Crippen LogP contribution in [0.2, 0.25) is 0 Å². The van der Waals surface area contributed by atoms with Gasteiger partial charge >= 0.3 is 0 Å². The number of aromatic nitrogens is 2. The third kappa shape index (κ3) is 2.09. The molecule has 1 aromatic heterocycles. The van der Waals surface area contributed by atoms with Crippen LogP contribution in [0, 0.1) is 6.92 Å². The number of aryl methyl sites for hydroxylation is 2. The largest absolute Gasteiger partial charge is 0.335 e. The van der Waals surface area contributed by atoms with Crippen molar-refractivity contribution in [3.8, 4) is 0 Å². The molecule has 0 bridgehead atoms. The topological polar surface area (TPSA) is 41.4 Å². The van der Waals surface area contributed by atoms with Crippen LogP contribution in [0.3, 0.4) is 0 Å². The number of rotatable bonds is 1. The quantitative estimate of drug-likeness (QED) is 0.677. The molecule has 0 radical (unpaired) electrons. The van der Waals surface area contributed by atoms with Gasteiger partial charge < -0.3 is 9.80 Å². The highest BCUT2D eigenvalue weighted by molar-refractivity contribution is 5.92. The maximum absolute atomic E-state index is 12.1. The number of nitrogens with zero attached hydrogens (tertiary/aromatic N) is 4. The Morgan fingerprint density at radius 2 is 1.88 bits per heavy atom. The van der Waals surface area contributed by atoms with Crippen LogP contribution in [-0.4, -0.2) is 58.7 Å². The maximum atomic E-state index is 12.1. The van der Waals surface area contributed by atoms with Crippen LogP contribution < -0.4 is 0 Å². The van der Waals surface area contributed by atoms with Gasteiger partial charge in [-0.2, -0.15) is 5.10 Å². The van der Waals surface area contributed by atoms with Gasteiger partial charge in [0.05, 0.1) is 0 Å². The van der Waals surface area contributed by atoms with Crippen LogP contribution in [0.15, 0.2) is 6.07 Å². The number of piperazine rings is 1. The van der Waals surface area contributed by atoms with Gasteiger partial charge in [-0.3, -0.25) is 9.48 Å². The summed E-state index contributed by atoms with van der Waals surface area (Å²) in [5.41, 5.74) is 1.57. The van der Waals surface area contributed by atoms with Crippen molar-refractivity contribution in [2.45, 2.75) is 6.92 Å². The van der Waals surface area contributed by atoms with Gasteiger partial charge in [0.25, 0.3) is 5.91 Å². The second-order valence-corrected chi connectivity index (χ2v) is 4.39. The average molecular weight is 222 g/mol. The summed E-state index contributed by atoms with van der Waals surface area (Å²) in [5.74, 6) is 0.0526. The van der Waals surface area contributed by atoms with Crippen LogP contribution in [0.5, 0.6) is 0 Å². The molecule has 1 amide bonds. The third-order valence-electron chi connectivity index (χ3n) is 3.12. The summed E-state index contributed by atoms with van der Waals surface area (Å²) in [6, 6.07) is 1.85. The van der Waals surface area contributed by atoms with Crippen LogP contribution in [-0.2, 0) is 7.05 Å². The molecule has 5 nitrogen and oxygen atoms in total. The molecular weight excluding hydrogens is 204 g/mol. The monoisotopic (exact) mass is 222 g/mol. The standard InChI is InChI=1S/C11H18N4O/c1-9-8-10(12-14(9)3)11(16)15-6-4-13(2)5-7-15/h8H,4-7H2,1-3H3. The van der Waals surface area contributed by atoms with E-state index in [9.17, 15) is 4.79 Å². The summed E-state index contributed by atoms with van der Waals surface area (Å²) >= 11 is 0. The van der Waals surface area contributed by atoms with Crippen molar-refractivity contribution in [3.63, 3.8) is 0 Å². The lowest BCUT2D eigenvalue weighted by atomic mass is 10.3. The Morgan fingerprint density at radius 3 is 2.38 bits per heavy atom. The summed E-state index contributed by atoms with van der Waals surface area (Å²) in [6.07, 6.45) is 0. The van der Waals surface area contributed by atoms with E-state index >= 15 is 0 Å². The Balaban J connectivity index is 2.07. The summed E-state index contributed by atoms with van der Waals surface area (Å²) in [7, 11) is 3.93. The van der Waals surface area contributed by atoms with E-state index in [0.29, 0.717) is 5.69 Å². The van der Waals surface area contributed by atoms with Crippen molar-refractivity contribution >= 4 is 5.91 Å². The zero-order valence-electron chi connectivity index (χ0n) is 10.1. The molecule has 0 spiro atoms. The van der Waals surface area contributed by atoms with Gasteiger partial charge in [0.1, 0.15) is 0 Å². The lowest BCUT2D eigenvalue weighted by Gasteiger charge is -2.31. The molecule has 2 rings (SSSR count). The van der Waals surface area contributed by atoms with E-state index in [-0.39, 0.29) is 5.91 Å². The molecule has 1 aliphatic rings. The second kappa shape index (κ2) is 4.25. The summed E-state index contributed by atoms with van der Waals surface area (Å²) in [4.78, 5) is 16.2. The lowest BCUT2D eigenvalue weighted by Crippen LogP contribution is -2.47. The van der Waals surface area contributed by atoms with E-state index in [1.54, 1.807) is 4.68 Å². The first kappa shape index (κ1) is 11.1. The molecule has 5 heteroatoms. The Kier molecular flexibility index (Phi) is 2.96. The Hall–Kier alpha value is -1.36. The Morgan fingerprint density at radius 1 is 1.25 bits per heavy atom. The fourth-order valence-corrected chi connectivity index (χ4v) is 1.84. The van der Waals surface area contributed by atoms with Gasteiger partial charge in [-0.1, -0.05) is 0 Å². The first-order chi connectivity index (χ1) is 7.58. The van der Waals surface area contributed by atoms with E-state index in [0.717, 1.165) is 31.9 Å². The van der Waals surface area contributed by atoms with Crippen LogP contribution >= 0.6 is 0 Å². The van der Waals surface area contributed by atoms with Crippen LogP contribution in [0.1, 0.15) is 16.2 Å². The van der Waals surface area contributed by atoms with Crippen molar-refractivity contribution < 1.29 is 4.79 Å². The first-order valence-electron chi connectivity index (χ1n) is 5.56. The molecule has 0 N–H and O–H groups in total. The molecule has 0 unspecified atom stereocenters. The third-order valence-corrected chi connectivity index (χ3v) is 3.12. The normalized spacial score (nSPS) is 17.8. The van der Waals surface area contributed by atoms with Crippen LogP contribution in [0.25, 0.3) is 0 Å². The van der Waals surface area contributed by atoms with E-state index in [4.69, 9.17) is 0 Å². The van der Waals surface area contributed by atoms with Crippen molar-refractivity contribution in [1.29, 1.82) is 0 Å². The minimum absolute atomic E-state index is 0.0526. The predicted octanol–water partition coefficient (Wildman–Crippen LogP) is 0.116. The maximum Gasteiger partial charge on any atom is 0.274 e. The first-order valence-corrected chi connectivity index (χ1v) is 5.56. The molecule has 0 aromatic carbocycles. The zero-order valence-corrected chi connectivity index (χ0v) is 10.1. The summed E-state index contributed by atoms with van der Waals surface area (Å²) in [6.45, 7) is 5.43. The van der Waals surface area contributed by atoms with Crippen molar-refractivity contribution in [2.24, 2.45) is 7.05 Å². The van der Waals surface area contributed by atoms with Crippen molar-refractivity contribution in [1.82, 2.24) is 19.6 Å². The number of hydrogen-bond donors (Lipinski definition) is 0. The molecule has 88 valence electrons. The van der Waals surface area contributed by atoms with Gasteiger partial charge in [-0.05, 0) is 20.0 Å². The predicted molar refractivity (Wildman–Crippen MR) is 61.3 cm³/mol. The van der Waals surface area contributed by atoms with Gasteiger partial charge in [0.15, 0.2) is 5.69 Å². The molecule has 1 aromatic rings. The van der Waals surface area contributed by atoms with E-state index in [2.05, 4.69) is 17.0 Å². The molecule has 2 heterocycles. The molecule has 0 saturated carbocycles. The molecule has 0 aliphatic carbocycles. The minimum Gasteiger partial charge on any atom is -0.335 e. The number of hydrogen-bond acceptors (Lipinski definition) is 3. The molecule has 0 atom stereocenters. The summed E-state index contributed by atoms with van der Waals surface area (Å²) in [5, 5.41) is 4.22.